The number of ketones is 1. The maximum atomic E-state index is 12.8. The van der Waals surface area contributed by atoms with Gasteiger partial charge in [0.05, 0.1) is 24.2 Å². The van der Waals surface area contributed by atoms with Gasteiger partial charge in [-0.3, -0.25) is 13.9 Å². The number of imide groups is 1. The number of hydrogen-bond donors (Lipinski definition) is 1. The lowest BCUT2D eigenvalue weighted by atomic mass is 10.0. The van der Waals surface area contributed by atoms with Gasteiger partial charge >= 0.3 is 6.03 Å². The van der Waals surface area contributed by atoms with Crippen LogP contribution in [0, 0.1) is 0 Å². The van der Waals surface area contributed by atoms with Crippen LogP contribution in [0.5, 0.6) is 0 Å². The minimum atomic E-state index is -3.67. The molecule has 1 N–H and O–H groups in total. The maximum Gasteiger partial charge on any atom is 0.332 e. The summed E-state index contributed by atoms with van der Waals surface area (Å²) in [5.41, 5.74) is 8.43. The Balaban J connectivity index is 0.00000105. The molecule has 2 aliphatic heterocycles. The van der Waals surface area contributed by atoms with Crippen LogP contribution in [0.1, 0.15) is 53.0 Å². The fourth-order valence-electron chi connectivity index (χ4n) is 5.47. The first-order valence-corrected chi connectivity index (χ1v) is 17.5. The van der Waals surface area contributed by atoms with Gasteiger partial charge in [-0.25, -0.2) is 23.1 Å². The number of carbonyl (C=O) groups is 3. The first-order chi connectivity index (χ1) is 22.7. The second kappa shape index (κ2) is 17.8. The van der Waals surface area contributed by atoms with Crippen LogP contribution in [0.15, 0.2) is 74.0 Å². The van der Waals surface area contributed by atoms with Gasteiger partial charge in [0.1, 0.15) is 11.7 Å². The molecule has 0 spiro atoms. The van der Waals surface area contributed by atoms with Crippen LogP contribution in [0.3, 0.4) is 0 Å². The highest BCUT2D eigenvalue weighted by molar-refractivity contribution is 7.92. The van der Waals surface area contributed by atoms with Gasteiger partial charge in [0.2, 0.25) is 16.0 Å². The zero-order valence-electron chi connectivity index (χ0n) is 28.8. The summed E-state index contributed by atoms with van der Waals surface area (Å²) in [4.78, 5) is 52.3. The molecule has 0 saturated carbocycles. The SMILES string of the molecule is C=C=C.C=C=C=C.CCN(CC)c1ncc(N(C(C)C)S(C)(=O)=O)c(N[C@@H](Cc2ccc(N3C(=O)C4CCCN4C3=O)cc2)C(C)=O)n1. The van der Waals surface area contributed by atoms with Crippen LogP contribution in [0.4, 0.5) is 27.9 Å². The van der Waals surface area contributed by atoms with Gasteiger partial charge in [0.15, 0.2) is 11.6 Å². The average Bonchev–Trinajstić information content (AvgIpc) is 3.61. The van der Waals surface area contributed by atoms with Crippen molar-refractivity contribution in [1.82, 2.24) is 14.9 Å². The monoisotopic (exact) mass is 677 g/mol. The molecule has 12 nitrogen and oxygen atoms in total. The Labute approximate surface area is 284 Å². The van der Waals surface area contributed by atoms with E-state index in [-0.39, 0.29) is 41.7 Å². The first-order valence-electron chi connectivity index (χ1n) is 15.7. The molecule has 1 aromatic heterocycles. The van der Waals surface area contributed by atoms with E-state index >= 15 is 0 Å². The molecule has 0 radical (unpaired) electrons. The second-order valence-electron chi connectivity index (χ2n) is 11.3. The number of anilines is 4. The molecule has 3 heterocycles. The number of hydrogen-bond acceptors (Lipinski definition) is 9. The number of nitrogens with zero attached hydrogens (tertiary/aromatic N) is 6. The molecule has 4 rings (SSSR count). The molecule has 1 aromatic carbocycles. The Kier molecular flexibility index (Phi) is 14.6. The van der Waals surface area contributed by atoms with Crippen molar-refractivity contribution >= 4 is 50.9 Å². The number of fused-ring (bicyclic) bond motifs is 1. The third-order valence-corrected chi connectivity index (χ3v) is 8.96. The van der Waals surface area contributed by atoms with Gasteiger partial charge in [-0.15, -0.1) is 5.73 Å². The Morgan fingerprint density at radius 1 is 1.08 bits per heavy atom. The predicted molar refractivity (Wildman–Crippen MR) is 192 cm³/mol. The lowest BCUT2D eigenvalue weighted by Crippen LogP contribution is -2.38. The standard InChI is InChI=1S/C28H39N7O5S.C4H4.C3H4/c1-7-32(8-2)27-29-17-24(35(18(3)4)41(6,39)40)25(31-27)30-22(19(5)36)16-20-11-13-21(14-12-20)34-26(37)23-10-9-15-33(23)28(34)38;1-3-4-2;1-3-2/h11-14,17-18,22-23H,7-10,15-16H2,1-6H3,(H,29,30,31);1-2H2;1-2H2/t22-,23?;;/m0../s1. The summed E-state index contributed by atoms with van der Waals surface area (Å²) in [6.07, 6.45) is 4.39. The number of sulfonamides is 1. The summed E-state index contributed by atoms with van der Waals surface area (Å²) >= 11 is 0. The van der Waals surface area contributed by atoms with Gasteiger partial charge in [-0.1, -0.05) is 36.8 Å². The van der Waals surface area contributed by atoms with Crippen molar-refractivity contribution < 1.29 is 22.8 Å². The molecule has 3 amide bonds. The zero-order chi connectivity index (χ0) is 36.2. The summed E-state index contributed by atoms with van der Waals surface area (Å²) in [5, 5.41) is 3.20. The van der Waals surface area contributed by atoms with Gasteiger partial charge in [-0.05, 0) is 84.7 Å². The quantitative estimate of drug-likeness (QED) is 0.240. The Bertz CT molecular complexity index is 1640. The summed E-state index contributed by atoms with van der Waals surface area (Å²) < 4.78 is 26.7. The third kappa shape index (κ3) is 9.56. The third-order valence-electron chi connectivity index (χ3n) is 7.62. The second-order valence-corrected chi connectivity index (χ2v) is 13.2. The summed E-state index contributed by atoms with van der Waals surface area (Å²) in [7, 11) is -3.67. The van der Waals surface area contributed by atoms with E-state index in [1.165, 1.54) is 22.3 Å². The maximum absolute atomic E-state index is 12.8. The molecule has 258 valence electrons. The minimum Gasteiger partial charge on any atom is -0.358 e. The van der Waals surface area contributed by atoms with E-state index < -0.39 is 22.1 Å². The van der Waals surface area contributed by atoms with E-state index in [1.807, 2.05) is 18.7 Å². The number of urea groups is 1. The molecule has 2 atom stereocenters. The number of aromatic nitrogens is 2. The van der Waals surface area contributed by atoms with Gasteiger partial charge in [0, 0.05) is 25.7 Å². The molecular formula is C35H47N7O5S. The molecule has 0 bridgehead atoms. The fourth-order valence-corrected chi connectivity index (χ4v) is 6.73. The van der Waals surface area contributed by atoms with Crippen LogP contribution < -0.4 is 19.4 Å². The van der Waals surface area contributed by atoms with E-state index in [1.54, 1.807) is 43.0 Å². The van der Waals surface area contributed by atoms with Crippen LogP contribution >= 0.6 is 0 Å². The normalized spacial score (nSPS) is 15.5. The Hall–Kier alpha value is -4.92. The van der Waals surface area contributed by atoms with Crippen LogP contribution in [-0.2, 0) is 26.0 Å². The van der Waals surface area contributed by atoms with Crippen LogP contribution in [-0.4, -0.2) is 85.0 Å². The largest absolute Gasteiger partial charge is 0.358 e. The molecule has 2 fully saturated rings. The predicted octanol–water partition coefficient (Wildman–Crippen LogP) is 5.11. The Morgan fingerprint density at radius 3 is 2.12 bits per heavy atom. The van der Waals surface area contributed by atoms with Crippen molar-refractivity contribution in [1.29, 1.82) is 0 Å². The molecule has 2 saturated heterocycles. The number of nitrogens with one attached hydrogen (secondary N) is 1. The minimum absolute atomic E-state index is 0.163. The van der Waals surface area contributed by atoms with Crippen molar-refractivity contribution in [2.45, 2.75) is 72.0 Å². The molecular weight excluding hydrogens is 630 g/mol. The summed E-state index contributed by atoms with van der Waals surface area (Å²) in [5.74, 6) is 0.297. The summed E-state index contributed by atoms with van der Waals surface area (Å²) in [6, 6.07) is 5.18. The molecule has 1 unspecified atom stereocenters. The van der Waals surface area contributed by atoms with Crippen LogP contribution in [0.25, 0.3) is 0 Å². The van der Waals surface area contributed by atoms with Crippen molar-refractivity contribution in [2.75, 3.05) is 45.3 Å². The number of benzene rings is 1. The average molecular weight is 678 g/mol. The van der Waals surface area contributed by atoms with Crippen LogP contribution in [0.2, 0.25) is 0 Å². The number of amides is 3. The van der Waals surface area contributed by atoms with E-state index in [0.29, 0.717) is 37.7 Å². The van der Waals surface area contributed by atoms with Crippen molar-refractivity contribution in [3.63, 3.8) is 0 Å². The molecule has 2 aromatic rings. The summed E-state index contributed by atoms with van der Waals surface area (Å²) in [6.45, 7) is 23.4. The zero-order valence-corrected chi connectivity index (χ0v) is 29.6. The molecule has 2 aliphatic rings. The van der Waals surface area contributed by atoms with E-state index in [2.05, 4.69) is 58.8 Å². The van der Waals surface area contributed by atoms with Crippen molar-refractivity contribution in [2.24, 2.45) is 0 Å². The molecule has 13 heteroatoms. The number of carbonyl (C=O) groups excluding carboxylic acids is 3. The van der Waals surface area contributed by atoms with Crippen molar-refractivity contribution in [3.8, 4) is 0 Å². The molecule has 0 aliphatic carbocycles. The van der Waals surface area contributed by atoms with Gasteiger partial charge in [0.25, 0.3) is 5.91 Å². The lowest BCUT2D eigenvalue weighted by molar-refractivity contribution is -0.119. The highest BCUT2D eigenvalue weighted by Crippen LogP contribution is 2.32. The fraction of sp³-hybridized carbons (Fsp3) is 0.429. The Morgan fingerprint density at radius 2 is 1.67 bits per heavy atom. The number of Topliss-reactive ketones (excluding diaryl/α,β-unsaturated/α-hetero) is 1. The highest BCUT2D eigenvalue weighted by atomic mass is 32.2. The van der Waals surface area contributed by atoms with E-state index in [9.17, 15) is 22.8 Å². The molecule has 48 heavy (non-hydrogen) atoms. The smallest absolute Gasteiger partial charge is 0.332 e. The number of rotatable bonds is 12. The van der Waals surface area contributed by atoms with Gasteiger partial charge in [-0.2, -0.15) is 4.98 Å². The van der Waals surface area contributed by atoms with Gasteiger partial charge < -0.3 is 15.1 Å². The van der Waals surface area contributed by atoms with E-state index in [0.717, 1.165) is 18.2 Å². The first kappa shape index (κ1) is 39.3. The van der Waals surface area contributed by atoms with E-state index in [4.69, 9.17) is 0 Å². The van der Waals surface area contributed by atoms with Crippen molar-refractivity contribution in [3.05, 3.63) is 79.5 Å². The highest BCUT2D eigenvalue weighted by Gasteiger charge is 2.48. The topological polar surface area (TPSA) is 136 Å². The lowest BCUT2D eigenvalue weighted by Gasteiger charge is -2.30.